The van der Waals surface area contributed by atoms with Crippen LogP contribution in [0.3, 0.4) is 0 Å². The smallest absolute Gasteiger partial charge is 0.406 e. The van der Waals surface area contributed by atoms with Gasteiger partial charge in [0.2, 0.25) is 0 Å². The minimum Gasteiger partial charge on any atom is -0.406 e. The van der Waals surface area contributed by atoms with Gasteiger partial charge in [-0.2, -0.15) is 0 Å². The number of ether oxygens (including phenoxy) is 1. The summed E-state index contributed by atoms with van der Waals surface area (Å²) in [6.45, 7) is 0. The maximum Gasteiger partial charge on any atom is 0.573 e. The monoisotopic (exact) mass is 370 g/mol. The summed E-state index contributed by atoms with van der Waals surface area (Å²) in [6.07, 6.45) is 0.634. The third kappa shape index (κ3) is 3.57. The van der Waals surface area contributed by atoms with Crippen LogP contribution in [0, 0.1) is 0 Å². The predicted octanol–water partition coefficient (Wildman–Crippen LogP) is 5.07. The normalized spacial score (nSPS) is 14.9. The van der Waals surface area contributed by atoms with Gasteiger partial charge in [-0.1, -0.05) is 24.3 Å². The van der Waals surface area contributed by atoms with Gasteiger partial charge in [-0.15, -0.1) is 13.2 Å². The molecule has 0 bridgehead atoms. The van der Waals surface area contributed by atoms with E-state index in [0.29, 0.717) is 16.8 Å². The van der Waals surface area contributed by atoms with E-state index in [1.54, 1.807) is 24.5 Å². The highest BCUT2D eigenvalue weighted by molar-refractivity contribution is 6.35. The van der Waals surface area contributed by atoms with Gasteiger partial charge < -0.3 is 15.0 Å². The number of benzene rings is 2. The van der Waals surface area contributed by atoms with Gasteiger partial charge in [-0.05, 0) is 47.0 Å². The number of fused-ring (bicyclic) bond motifs is 1. The summed E-state index contributed by atoms with van der Waals surface area (Å²) in [6, 6.07) is 12.9. The van der Waals surface area contributed by atoms with E-state index in [4.69, 9.17) is 0 Å². The van der Waals surface area contributed by atoms with E-state index in [1.807, 2.05) is 18.2 Å². The molecule has 1 aromatic heterocycles. The second-order valence-electron chi connectivity index (χ2n) is 5.99. The molecule has 0 aliphatic carbocycles. The Hall–Kier alpha value is -3.48. The number of hydrogen-bond acceptors (Lipinski definition) is 2. The van der Waals surface area contributed by atoms with Crippen LogP contribution in [0.1, 0.15) is 11.1 Å². The summed E-state index contributed by atoms with van der Waals surface area (Å²) < 4.78 is 40.6. The highest BCUT2D eigenvalue weighted by Gasteiger charge is 2.31. The number of carbonyl (C=O) groups is 1. The summed E-state index contributed by atoms with van der Waals surface area (Å²) in [5, 5.41) is 2.82. The number of carbonyl (C=O) groups excluding carboxylic acids is 1. The van der Waals surface area contributed by atoms with Crippen LogP contribution in [-0.2, 0) is 4.79 Å². The molecule has 7 heteroatoms. The zero-order chi connectivity index (χ0) is 19.0. The number of H-pyrrole nitrogens is 1. The van der Waals surface area contributed by atoms with E-state index < -0.39 is 6.36 Å². The predicted molar refractivity (Wildman–Crippen MR) is 95.9 cm³/mol. The lowest BCUT2D eigenvalue weighted by atomic mass is 9.99. The van der Waals surface area contributed by atoms with Crippen LogP contribution in [0.5, 0.6) is 5.75 Å². The first-order chi connectivity index (χ1) is 12.9. The molecule has 0 atom stereocenters. The van der Waals surface area contributed by atoms with Gasteiger partial charge in [0.15, 0.2) is 0 Å². The van der Waals surface area contributed by atoms with Crippen molar-refractivity contribution < 1.29 is 22.7 Å². The molecule has 0 spiro atoms. The Morgan fingerprint density at radius 1 is 0.963 bits per heavy atom. The van der Waals surface area contributed by atoms with Crippen molar-refractivity contribution in [3.05, 3.63) is 72.1 Å². The van der Waals surface area contributed by atoms with Crippen LogP contribution < -0.4 is 10.1 Å². The lowest BCUT2D eigenvalue weighted by molar-refractivity contribution is -0.274. The number of rotatable bonds is 3. The fourth-order valence-corrected chi connectivity index (χ4v) is 2.96. The van der Waals surface area contributed by atoms with Crippen molar-refractivity contribution in [2.75, 3.05) is 5.32 Å². The first-order valence-corrected chi connectivity index (χ1v) is 8.05. The molecule has 1 aliphatic rings. The number of aromatic amines is 1. The molecule has 0 saturated carbocycles. The Labute approximate surface area is 152 Å². The van der Waals surface area contributed by atoms with Crippen molar-refractivity contribution in [3.63, 3.8) is 0 Å². The zero-order valence-electron chi connectivity index (χ0n) is 13.8. The molecule has 0 fully saturated rings. The van der Waals surface area contributed by atoms with Crippen LogP contribution in [0.25, 0.3) is 22.8 Å². The summed E-state index contributed by atoms with van der Waals surface area (Å²) in [5.41, 5.74) is 4.37. The molecule has 1 amide bonds. The molecule has 3 aromatic rings. The minimum atomic E-state index is -4.72. The Morgan fingerprint density at radius 3 is 2.37 bits per heavy atom. The standard InChI is InChI=1S/C20H13F3N2O2/c21-20(22,23)27-15-4-1-13(2-5-15)14-3-6-16-17(9-12-7-8-24-11-12)19(26)25-18(16)10-14/h1-11,24H,(H,25,26)/b17-9-. The summed E-state index contributed by atoms with van der Waals surface area (Å²) in [5.74, 6) is -0.477. The second-order valence-corrected chi connectivity index (χ2v) is 5.99. The fraction of sp³-hybridized carbons (Fsp3) is 0.0500. The van der Waals surface area contributed by atoms with E-state index in [1.165, 1.54) is 24.3 Å². The van der Waals surface area contributed by atoms with Crippen LogP contribution in [0.4, 0.5) is 18.9 Å². The third-order valence-electron chi connectivity index (χ3n) is 4.16. The Morgan fingerprint density at radius 2 is 1.70 bits per heavy atom. The molecule has 4 rings (SSSR count). The van der Waals surface area contributed by atoms with Gasteiger partial charge in [0, 0.05) is 29.2 Å². The molecule has 0 unspecified atom stereocenters. The Bertz CT molecular complexity index is 1020. The number of halogens is 3. The van der Waals surface area contributed by atoms with Gasteiger partial charge in [0.25, 0.3) is 5.91 Å². The van der Waals surface area contributed by atoms with Gasteiger partial charge in [-0.3, -0.25) is 4.79 Å². The maximum absolute atomic E-state index is 12.3. The SMILES string of the molecule is O=C1Nc2cc(-c3ccc(OC(F)(F)F)cc3)ccc2/C1=C/c1cc[nH]c1. The van der Waals surface area contributed by atoms with Crippen LogP contribution in [-0.4, -0.2) is 17.3 Å². The van der Waals surface area contributed by atoms with Crippen molar-refractivity contribution in [2.45, 2.75) is 6.36 Å². The lowest BCUT2D eigenvalue weighted by Crippen LogP contribution is -2.16. The zero-order valence-corrected chi connectivity index (χ0v) is 13.8. The van der Waals surface area contributed by atoms with Crippen LogP contribution in [0.2, 0.25) is 0 Å². The van der Waals surface area contributed by atoms with E-state index in [2.05, 4.69) is 15.0 Å². The van der Waals surface area contributed by atoms with Crippen molar-refractivity contribution >= 4 is 23.2 Å². The number of anilines is 1. The summed E-state index contributed by atoms with van der Waals surface area (Å²) >= 11 is 0. The first kappa shape index (κ1) is 17.0. The minimum absolute atomic E-state index is 0.197. The molecule has 136 valence electrons. The van der Waals surface area contributed by atoms with Gasteiger partial charge in [-0.25, -0.2) is 0 Å². The summed E-state index contributed by atoms with van der Waals surface area (Å²) in [4.78, 5) is 15.2. The maximum atomic E-state index is 12.3. The van der Waals surface area contributed by atoms with Crippen LogP contribution >= 0.6 is 0 Å². The first-order valence-electron chi connectivity index (χ1n) is 8.05. The molecule has 2 N–H and O–H groups in total. The number of hydrogen-bond donors (Lipinski definition) is 2. The number of amides is 1. The van der Waals surface area contributed by atoms with Crippen LogP contribution in [0.15, 0.2) is 60.9 Å². The van der Waals surface area contributed by atoms with E-state index >= 15 is 0 Å². The highest BCUT2D eigenvalue weighted by Crippen LogP contribution is 2.36. The molecule has 2 aromatic carbocycles. The molecule has 1 aliphatic heterocycles. The number of alkyl halides is 3. The molecular weight excluding hydrogens is 357 g/mol. The van der Waals surface area contributed by atoms with Crippen molar-refractivity contribution in [3.8, 4) is 16.9 Å². The Balaban J connectivity index is 1.63. The van der Waals surface area contributed by atoms with Gasteiger partial charge in [0.1, 0.15) is 5.75 Å². The van der Waals surface area contributed by atoms with Crippen molar-refractivity contribution in [1.29, 1.82) is 0 Å². The third-order valence-corrected chi connectivity index (χ3v) is 4.16. The van der Waals surface area contributed by atoms with E-state index in [-0.39, 0.29) is 11.7 Å². The average Bonchev–Trinajstić information content (AvgIpc) is 3.22. The lowest BCUT2D eigenvalue weighted by Gasteiger charge is -2.10. The topological polar surface area (TPSA) is 54.1 Å². The molecule has 4 nitrogen and oxygen atoms in total. The van der Waals surface area contributed by atoms with E-state index in [9.17, 15) is 18.0 Å². The van der Waals surface area contributed by atoms with Crippen molar-refractivity contribution in [2.24, 2.45) is 0 Å². The molecule has 0 saturated heterocycles. The number of aromatic nitrogens is 1. The second kappa shape index (κ2) is 6.35. The highest BCUT2D eigenvalue weighted by atomic mass is 19.4. The van der Waals surface area contributed by atoms with Gasteiger partial charge in [0.05, 0.1) is 0 Å². The molecule has 2 heterocycles. The largest absolute Gasteiger partial charge is 0.573 e. The summed E-state index contributed by atoms with van der Waals surface area (Å²) in [7, 11) is 0. The molecular formula is C20H13F3N2O2. The number of nitrogens with one attached hydrogen (secondary N) is 2. The average molecular weight is 370 g/mol. The Kier molecular flexibility index (Phi) is 3.99. The molecule has 0 radical (unpaired) electrons. The quantitative estimate of drug-likeness (QED) is 0.632. The van der Waals surface area contributed by atoms with Crippen molar-refractivity contribution in [1.82, 2.24) is 4.98 Å². The molecule has 27 heavy (non-hydrogen) atoms. The van der Waals surface area contributed by atoms with Gasteiger partial charge >= 0.3 is 6.36 Å². The fourth-order valence-electron chi connectivity index (χ4n) is 2.96. The van der Waals surface area contributed by atoms with E-state index in [0.717, 1.165) is 16.7 Å².